The average Bonchev–Trinajstić information content (AvgIpc) is 2.93. The summed E-state index contributed by atoms with van der Waals surface area (Å²) in [6.07, 6.45) is -4.81. The number of carbonyl (C=O) groups excluding carboxylic acids is 1. The summed E-state index contributed by atoms with van der Waals surface area (Å²) in [6.45, 7) is 1.38. The first kappa shape index (κ1) is 12.7. The van der Waals surface area contributed by atoms with Crippen LogP contribution >= 0.6 is 0 Å². The average molecular weight is 262 g/mol. The molecule has 4 nitrogen and oxygen atoms in total. The lowest BCUT2D eigenvalue weighted by molar-refractivity contribution is -0.149. The number of aromatic hydroxyl groups is 1. The molecule has 1 aliphatic carbocycles. The van der Waals surface area contributed by atoms with Gasteiger partial charge in [-0.1, -0.05) is 0 Å². The number of rotatable bonds is 2. The van der Waals surface area contributed by atoms with Crippen LogP contribution < -0.4 is 5.63 Å². The van der Waals surface area contributed by atoms with E-state index in [2.05, 4.69) is 4.42 Å². The van der Waals surface area contributed by atoms with Gasteiger partial charge in [-0.3, -0.25) is 4.79 Å². The Morgan fingerprint density at radius 1 is 1.50 bits per heavy atom. The molecule has 18 heavy (non-hydrogen) atoms. The lowest BCUT2D eigenvalue weighted by Crippen LogP contribution is -2.20. The number of Topliss-reactive ketones (excluding diaryl/α,β-unsaturated/α-hetero) is 1. The van der Waals surface area contributed by atoms with Crippen molar-refractivity contribution in [3.8, 4) is 5.75 Å². The van der Waals surface area contributed by atoms with Crippen molar-refractivity contribution in [1.29, 1.82) is 0 Å². The molecule has 0 aromatic carbocycles. The molecule has 0 amide bonds. The maximum absolute atomic E-state index is 12.3. The summed E-state index contributed by atoms with van der Waals surface area (Å²) >= 11 is 0. The number of carbonyl (C=O) groups is 1. The molecule has 1 aromatic heterocycles. The van der Waals surface area contributed by atoms with Crippen molar-refractivity contribution in [3.05, 3.63) is 27.8 Å². The third-order valence-electron chi connectivity index (χ3n) is 2.85. The molecule has 1 fully saturated rings. The molecule has 0 aliphatic heterocycles. The molecule has 7 heteroatoms. The molecule has 0 bridgehead atoms. The second-order valence-corrected chi connectivity index (χ2v) is 4.26. The Hall–Kier alpha value is -1.79. The van der Waals surface area contributed by atoms with Crippen molar-refractivity contribution >= 4 is 5.78 Å². The summed E-state index contributed by atoms with van der Waals surface area (Å²) in [5.74, 6) is -4.59. The molecular formula is C11H9F3O4. The van der Waals surface area contributed by atoms with Gasteiger partial charge in [0.25, 0.3) is 0 Å². The summed E-state index contributed by atoms with van der Waals surface area (Å²) in [7, 11) is 0. The van der Waals surface area contributed by atoms with Crippen LogP contribution in [-0.2, 0) is 0 Å². The Morgan fingerprint density at radius 2 is 2.11 bits per heavy atom. The highest BCUT2D eigenvalue weighted by atomic mass is 19.4. The normalized spacial score (nSPS) is 22.9. The van der Waals surface area contributed by atoms with Gasteiger partial charge in [0.1, 0.15) is 17.1 Å². The number of halogens is 3. The van der Waals surface area contributed by atoms with E-state index in [1.165, 1.54) is 6.92 Å². The van der Waals surface area contributed by atoms with Crippen molar-refractivity contribution in [2.75, 3.05) is 0 Å². The van der Waals surface area contributed by atoms with E-state index in [1.54, 1.807) is 0 Å². The fourth-order valence-electron chi connectivity index (χ4n) is 1.85. The molecule has 1 N–H and O–H groups in total. The Bertz CT molecular complexity index is 558. The zero-order chi connectivity index (χ0) is 13.7. The fraction of sp³-hybridized carbons (Fsp3) is 0.455. The van der Waals surface area contributed by atoms with Crippen LogP contribution in [0.4, 0.5) is 13.2 Å². The van der Waals surface area contributed by atoms with Gasteiger partial charge in [0.05, 0.1) is 5.92 Å². The predicted molar refractivity (Wildman–Crippen MR) is 53.4 cm³/mol. The van der Waals surface area contributed by atoms with Gasteiger partial charge in [-0.05, 0) is 13.3 Å². The molecule has 1 saturated carbocycles. The predicted octanol–water partition coefficient (Wildman–Crippen LogP) is 2.03. The van der Waals surface area contributed by atoms with Crippen LogP contribution in [-0.4, -0.2) is 17.1 Å². The van der Waals surface area contributed by atoms with Gasteiger partial charge in [-0.15, -0.1) is 0 Å². The highest BCUT2D eigenvalue weighted by Gasteiger charge is 2.59. The SMILES string of the molecule is Cc1cc(O)c(C(=O)[C@H]2C[C@H]2C(F)(F)F)c(=O)o1. The molecule has 0 unspecified atom stereocenters. The molecular weight excluding hydrogens is 253 g/mol. The highest BCUT2D eigenvalue weighted by molar-refractivity contribution is 6.01. The van der Waals surface area contributed by atoms with Gasteiger partial charge in [0, 0.05) is 12.0 Å². The van der Waals surface area contributed by atoms with Gasteiger partial charge in [0.2, 0.25) is 0 Å². The number of hydrogen-bond donors (Lipinski definition) is 1. The van der Waals surface area contributed by atoms with Gasteiger partial charge in [-0.2, -0.15) is 13.2 Å². The maximum atomic E-state index is 12.3. The number of ketones is 1. The van der Waals surface area contributed by atoms with Crippen molar-refractivity contribution in [1.82, 2.24) is 0 Å². The highest BCUT2D eigenvalue weighted by Crippen LogP contribution is 2.51. The van der Waals surface area contributed by atoms with E-state index in [0.29, 0.717) is 0 Å². The number of aryl methyl sites for hydroxylation is 1. The third-order valence-corrected chi connectivity index (χ3v) is 2.85. The van der Waals surface area contributed by atoms with Crippen LogP contribution in [0, 0.1) is 18.8 Å². The molecule has 0 saturated heterocycles. The maximum Gasteiger partial charge on any atom is 0.392 e. The lowest BCUT2D eigenvalue weighted by atomic mass is 10.1. The number of hydrogen-bond acceptors (Lipinski definition) is 4. The molecule has 2 rings (SSSR count). The minimum atomic E-state index is -4.46. The van der Waals surface area contributed by atoms with Crippen LogP contribution in [0.15, 0.2) is 15.3 Å². The van der Waals surface area contributed by atoms with E-state index >= 15 is 0 Å². The molecule has 98 valence electrons. The Morgan fingerprint density at radius 3 is 2.56 bits per heavy atom. The summed E-state index contributed by atoms with van der Waals surface area (Å²) in [5.41, 5.74) is -1.80. The molecule has 2 atom stereocenters. The summed E-state index contributed by atoms with van der Waals surface area (Å²) in [5, 5.41) is 9.45. The van der Waals surface area contributed by atoms with E-state index in [4.69, 9.17) is 0 Å². The molecule has 1 heterocycles. The van der Waals surface area contributed by atoms with Crippen molar-refractivity contribution in [2.45, 2.75) is 19.5 Å². The van der Waals surface area contributed by atoms with Crippen LogP contribution in [0.5, 0.6) is 5.75 Å². The molecule has 1 aliphatic rings. The van der Waals surface area contributed by atoms with E-state index < -0.39 is 40.7 Å². The molecule has 0 radical (unpaired) electrons. The zero-order valence-electron chi connectivity index (χ0n) is 9.25. The second kappa shape index (κ2) is 3.86. The first-order valence-electron chi connectivity index (χ1n) is 5.16. The van der Waals surface area contributed by atoms with Gasteiger partial charge in [0.15, 0.2) is 5.78 Å². The quantitative estimate of drug-likeness (QED) is 0.828. The largest absolute Gasteiger partial charge is 0.507 e. The summed E-state index contributed by atoms with van der Waals surface area (Å²) in [4.78, 5) is 23.1. The van der Waals surface area contributed by atoms with E-state index in [1.807, 2.05) is 0 Å². The van der Waals surface area contributed by atoms with E-state index in [9.17, 15) is 27.9 Å². The van der Waals surface area contributed by atoms with Crippen LogP contribution in [0.1, 0.15) is 22.5 Å². The minimum absolute atomic E-state index is 0.0808. The van der Waals surface area contributed by atoms with Crippen molar-refractivity contribution < 1.29 is 27.5 Å². The lowest BCUT2D eigenvalue weighted by Gasteiger charge is -2.05. The minimum Gasteiger partial charge on any atom is -0.507 e. The Balaban J connectivity index is 2.30. The second-order valence-electron chi connectivity index (χ2n) is 4.26. The van der Waals surface area contributed by atoms with E-state index in [-0.39, 0.29) is 12.2 Å². The van der Waals surface area contributed by atoms with E-state index in [0.717, 1.165) is 6.07 Å². The third kappa shape index (κ3) is 2.12. The first-order valence-corrected chi connectivity index (χ1v) is 5.16. The van der Waals surface area contributed by atoms with Crippen molar-refractivity contribution in [3.63, 3.8) is 0 Å². The zero-order valence-corrected chi connectivity index (χ0v) is 9.25. The van der Waals surface area contributed by atoms with Crippen LogP contribution in [0.25, 0.3) is 0 Å². The molecule has 0 spiro atoms. The van der Waals surface area contributed by atoms with Crippen molar-refractivity contribution in [2.24, 2.45) is 11.8 Å². The van der Waals surface area contributed by atoms with Gasteiger partial charge < -0.3 is 9.52 Å². The summed E-state index contributed by atoms with van der Waals surface area (Å²) < 4.78 is 41.5. The van der Waals surface area contributed by atoms with Gasteiger partial charge in [-0.25, -0.2) is 4.79 Å². The first-order chi connectivity index (χ1) is 8.21. The fourth-order valence-corrected chi connectivity index (χ4v) is 1.85. The number of alkyl halides is 3. The topological polar surface area (TPSA) is 67.5 Å². The van der Waals surface area contributed by atoms with Crippen LogP contribution in [0.2, 0.25) is 0 Å². The Labute approximate surface area is 99.0 Å². The summed E-state index contributed by atoms with van der Waals surface area (Å²) in [6, 6.07) is 1.03. The van der Waals surface area contributed by atoms with Crippen LogP contribution in [0.3, 0.4) is 0 Å². The molecule has 1 aromatic rings. The Kier molecular flexibility index (Phi) is 2.71. The monoisotopic (exact) mass is 262 g/mol. The smallest absolute Gasteiger partial charge is 0.392 e. The standard InChI is InChI=1S/C11H9F3O4/c1-4-2-7(15)8(10(17)18-4)9(16)5-3-6(5)11(12,13)14/h2,5-6,15H,3H2,1H3/t5-,6+/m0/s1. The van der Waals surface area contributed by atoms with Gasteiger partial charge >= 0.3 is 11.8 Å².